The van der Waals surface area contributed by atoms with Gasteiger partial charge >= 0.3 is 0 Å². The predicted octanol–water partition coefficient (Wildman–Crippen LogP) is 1.90. The Labute approximate surface area is 117 Å². The van der Waals surface area contributed by atoms with Crippen LogP contribution < -0.4 is 5.32 Å². The first-order chi connectivity index (χ1) is 9.83. The molecular formula is C15H17N5. The highest BCUT2D eigenvalue weighted by molar-refractivity contribution is 5.30. The Hall–Kier alpha value is -2.40. The first kappa shape index (κ1) is 12.6. The molecule has 0 radical (unpaired) electrons. The number of nitrogens with one attached hydrogen (secondary N) is 1. The van der Waals surface area contributed by atoms with E-state index >= 15 is 0 Å². The number of nitrogens with zero attached hydrogens (tertiary/aromatic N) is 4. The molecule has 0 fully saturated rings. The average Bonchev–Trinajstić information content (AvgIpc) is 3.10. The minimum Gasteiger partial charge on any atom is -0.337 e. The lowest BCUT2D eigenvalue weighted by atomic mass is 10.3. The summed E-state index contributed by atoms with van der Waals surface area (Å²) in [6.07, 6.45) is 5.73. The maximum Gasteiger partial charge on any atom is 0.122 e. The second kappa shape index (κ2) is 5.71. The summed E-state index contributed by atoms with van der Waals surface area (Å²) < 4.78 is 3.90. The summed E-state index contributed by atoms with van der Waals surface area (Å²) in [7, 11) is 1.99. The van der Waals surface area contributed by atoms with Gasteiger partial charge in [0.15, 0.2) is 0 Å². The molecule has 0 saturated heterocycles. The van der Waals surface area contributed by atoms with E-state index in [1.807, 2.05) is 65.1 Å². The zero-order chi connectivity index (χ0) is 13.8. The van der Waals surface area contributed by atoms with Crippen LogP contribution in [0, 0.1) is 0 Å². The summed E-state index contributed by atoms with van der Waals surface area (Å²) in [6, 6.07) is 12.1. The van der Waals surface area contributed by atoms with Gasteiger partial charge in [-0.2, -0.15) is 5.10 Å². The van der Waals surface area contributed by atoms with Gasteiger partial charge in [0.05, 0.1) is 17.9 Å². The fraction of sp³-hybridized carbons (Fsp3) is 0.200. The fourth-order valence-corrected chi connectivity index (χ4v) is 2.05. The summed E-state index contributed by atoms with van der Waals surface area (Å²) in [5.41, 5.74) is 2.09. The maximum atomic E-state index is 4.55. The fourth-order valence-electron chi connectivity index (χ4n) is 2.05. The molecule has 102 valence electrons. The van der Waals surface area contributed by atoms with Crippen LogP contribution in [0.5, 0.6) is 0 Å². The molecule has 1 aromatic carbocycles. The lowest BCUT2D eigenvalue weighted by molar-refractivity contribution is 0.625. The minimum atomic E-state index is 0.729. The van der Waals surface area contributed by atoms with Crippen LogP contribution >= 0.6 is 0 Å². The molecule has 2 heterocycles. The molecule has 20 heavy (non-hydrogen) atoms. The van der Waals surface area contributed by atoms with Crippen molar-refractivity contribution in [2.75, 3.05) is 0 Å². The Morgan fingerprint density at radius 1 is 1.05 bits per heavy atom. The second-order valence-electron chi connectivity index (χ2n) is 4.65. The molecule has 0 spiro atoms. The van der Waals surface area contributed by atoms with Crippen molar-refractivity contribution in [1.82, 2.24) is 24.6 Å². The Morgan fingerprint density at radius 2 is 1.90 bits per heavy atom. The van der Waals surface area contributed by atoms with Crippen LogP contribution in [0.15, 0.2) is 55.0 Å². The van der Waals surface area contributed by atoms with Gasteiger partial charge < -0.3 is 9.88 Å². The van der Waals surface area contributed by atoms with Crippen LogP contribution in [0.3, 0.4) is 0 Å². The number of para-hydroxylation sites is 1. The number of rotatable bonds is 5. The van der Waals surface area contributed by atoms with Crippen molar-refractivity contribution in [3.8, 4) is 5.69 Å². The van der Waals surface area contributed by atoms with E-state index in [1.54, 1.807) is 6.20 Å². The van der Waals surface area contributed by atoms with Crippen molar-refractivity contribution in [3.63, 3.8) is 0 Å². The molecule has 5 nitrogen and oxygen atoms in total. The van der Waals surface area contributed by atoms with Crippen LogP contribution in [0.2, 0.25) is 0 Å². The van der Waals surface area contributed by atoms with E-state index in [-0.39, 0.29) is 0 Å². The summed E-state index contributed by atoms with van der Waals surface area (Å²) in [5.74, 6) is 1.02. The van der Waals surface area contributed by atoms with Gasteiger partial charge in [-0.25, -0.2) is 9.67 Å². The highest BCUT2D eigenvalue weighted by atomic mass is 15.3. The van der Waals surface area contributed by atoms with E-state index in [0.717, 1.165) is 30.3 Å². The van der Waals surface area contributed by atoms with Gasteiger partial charge in [0.1, 0.15) is 5.82 Å². The second-order valence-corrected chi connectivity index (χ2v) is 4.65. The molecule has 0 saturated carbocycles. The molecule has 5 heteroatoms. The lowest BCUT2D eigenvalue weighted by Gasteiger charge is -2.03. The Bertz CT molecular complexity index is 668. The molecule has 0 amide bonds. The SMILES string of the molecule is Cn1ccnc1CNCc1ccn(-c2ccccc2)n1. The zero-order valence-corrected chi connectivity index (χ0v) is 11.4. The summed E-state index contributed by atoms with van der Waals surface area (Å²) in [4.78, 5) is 4.27. The zero-order valence-electron chi connectivity index (χ0n) is 11.4. The van der Waals surface area contributed by atoms with Crippen molar-refractivity contribution < 1.29 is 0 Å². The number of hydrogen-bond acceptors (Lipinski definition) is 3. The standard InChI is InChI=1S/C15H17N5/c1-19-10-8-17-15(19)12-16-11-13-7-9-20(18-13)14-5-3-2-4-6-14/h2-10,16H,11-12H2,1H3. The van der Waals surface area contributed by atoms with E-state index in [4.69, 9.17) is 0 Å². The highest BCUT2D eigenvalue weighted by Gasteiger charge is 2.02. The van der Waals surface area contributed by atoms with Crippen molar-refractivity contribution in [3.05, 3.63) is 66.5 Å². The van der Waals surface area contributed by atoms with Crippen LogP contribution in [0.25, 0.3) is 5.69 Å². The van der Waals surface area contributed by atoms with E-state index in [9.17, 15) is 0 Å². The first-order valence-corrected chi connectivity index (χ1v) is 6.60. The number of aryl methyl sites for hydroxylation is 1. The van der Waals surface area contributed by atoms with Gasteiger partial charge in [0.2, 0.25) is 0 Å². The molecule has 2 aromatic heterocycles. The normalized spacial score (nSPS) is 10.8. The van der Waals surface area contributed by atoms with Gasteiger partial charge in [-0.05, 0) is 18.2 Å². The third-order valence-corrected chi connectivity index (χ3v) is 3.18. The third kappa shape index (κ3) is 2.78. The molecule has 0 aliphatic carbocycles. The molecule has 0 aliphatic heterocycles. The largest absolute Gasteiger partial charge is 0.337 e. The third-order valence-electron chi connectivity index (χ3n) is 3.18. The monoisotopic (exact) mass is 267 g/mol. The summed E-state index contributed by atoms with van der Waals surface area (Å²) >= 11 is 0. The van der Waals surface area contributed by atoms with Crippen molar-refractivity contribution >= 4 is 0 Å². The van der Waals surface area contributed by atoms with Gasteiger partial charge in [-0.1, -0.05) is 18.2 Å². The van der Waals surface area contributed by atoms with E-state index in [2.05, 4.69) is 15.4 Å². The topological polar surface area (TPSA) is 47.7 Å². The van der Waals surface area contributed by atoms with Gasteiger partial charge in [0.25, 0.3) is 0 Å². The van der Waals surface area contributed by atoms with E-state index in [1.165, 1.54) is 0 Å². The smallest absolute Gasteiger partial charge is 0.122 e. The Balaban J connectivity index is 1.59. The molecule has 3 rings (SSSR count). The van der Waals surface area contributed by atoms with Crippen LogP contribution in [-0.2, 0) is 20.1 Å². The van der Waals surface area contributed by atoms with Crippen LogP contribution in [-0.4, -0.2) is 19.3 Å². The summed E-state index contributed by atoms with van der Waals surface area (Å²) in [5, 5.41) is 7.90. The molecular weight excluding hydrogens is 250 g/mol. The summed E-state index contributed by atoms with van der Waals surface area (Å²) in [6.45, 7) is 1.47. The lowest BCUT2D eigenvalue weighted by Crippen LogP contribution is -2.16. The van der Waals surface area contributed by atoms with Crippen LogP contribution in [0.4, 0.5) is 0 Å². The minimum absolute atomic E-state index is 0.729. The Morgan fingerprint density at radius 3 is 2.65 bits per heavy atom. The number of hydrogen-bond donors (Lipinski definition) is 1. The molecule has 0 atom stereocenters. The number of benzene rings is 1. The molecule has 0 aliphatic rings. The first-order valence-electron chi connectivity index (χ1n) is 6.60. The van der Waals surface area contributed by atoms with Gasteiger partial charge in [-0.15, -0.1) is 0 Å². The predicted molar refractivity (Wildman–Crippen MR) is 77.3 cm³/mol. The van der Waals surface area contributed by atoms with E-state index in [0.29, 0.717) is 0 Å². The van der Waals surface area contributed by atoms with Crippen molar-refractivity contribution in [1.29, 1.82) is 0 Å². The van der Waals surface area contributed by atoms with Crippen molar-refractivity contribution in [2.24, 2.45) is 7.05 Å². The highest BCUT2D eigenvalue weighted by Crippen LogP contribution is 2.06. The molecule has 3 aromatic rings. The Kier molecular flexibility index (Phi) is 3.60. The number of aromatic nitrogens is 4. The maximum absolute atomic E-state index is 4.55. The average molecular weight is 267 g/mol. The van der Waals surface area contributed by atoms with Gasteiger partial charge in [0, 0.05) is 32.2 Å². The molecule has 0 bridgehead atoms. The van der Waals surface area contributed by atoms with E-state index < -0.39 is 0 Å². The molecule has 0 unspecified atom stereocenters. The molecule has 1 N–H and O–H groups in total. The van der Waals surface area contributed by atoms with Crippen molar-refractivity contribution in [2.45, 2.75) is 13.1 Å². The van der Waals surface area contributed by atoms with Crippen LogP contribution in [0.1, 0.15) is 11.5 Å². The van der Waals surface area contributed by atoms with Gasteiger partial charge in [-0.3, -0.25) is 0 Å². The number of imidazole rings is 1. The quantitative estimate of drug-likeness (QED) is 0.768.